The topological polar surface area (TPSA) is 40.5 Å². The van der Waals surface area contributed by atoms with Gasteiger partial charge in [0.15, 0.2) is 0 Å². The van der Waals surface area contributed by atoms with E-state index >= 15 is 0 Å². The maximum Gasteiger partial charge on any atom is 0.337 e. The van der Waals surface area contributed by atoms with Gasteiger partial charge in [-0.05, 0) is 35.9 Å². The van der Waals surface area contributed by atoms with Gasteiger partial charge in [0, 0.05) is 23.6 Å². The molecule has 0 saturated heterocycles. The van der Waals surface area contributed by atoms with Crippen molar-refractivity contribution in [3.8, 4) is 0 Å². The van der Waals surface area contributed by atoms with Crippen molar-refractivity contribution in [3.63, 3.8) is 0 Å². The summed E-state index contributed by atoms with van der Waals surface area (Å²) in [5.41, 5.74) is 1.79. The Morgan fingerprint density at radius 3 is 2.50 bits per heavy atom. The second-order valence-corrected chi connectivity index (χ2v) is 5.33. The van der Waals surface area contributed by atoms with Crippen LogP contribution in [0.25, 0.3) is 0 Å². The average Bonchev–Trinajstić information content (AvgIpc) is 2.38. The minimum Gasteiger partial charge on any atom is -0.478 e. The number of aromatic carboxylic acids is 1. The molecule has 0 bridgehead atoms. The van der Waals surface area contributed by atoms with Crippen molar-refractivity contribution in [1.29, 1.82) is 0 Å². The molecule has 0 heterocycles. The molecule has 0 saturated carbocycles. The van der Waals surface area contributed by atoms with Gasteiger partial charge < -0.3 is 10.0 Å². The van der Waals surface area contributed by atoms with E-state index in [9.17, 15) is 9.90 Å². The first-order valence-corrected chi connectivity index (χ1v) is 6.71. The van der Waals surface area contributed by atoms with Crippen molar-refractivity contribution in [1.82, 2.24) is 0 Å². The molecule has 0 aliphatic rings. The summed E-state index contributed by atoms with van der Waals surface area (Å²) < 4.78 is 0. The van der Waals surface area contributed by atoms with Crippen LogP contribution in [0.1, 0.15) is 15.9 Å². The third kappa shape index (κ3) is 3.44. The molecule has 0 aliphatic heterocycles. The molecule has 0 unspecified atom stereocenters. The number of carboxylic acids is 1. The first kappa shape index (κ1) is 14.7. The van der Waals surface area contributed by atoms with Crippen molar-refractivity contribution in [2.75, 3.05) is 11.9 Å². The Labute approximate surface area is 127 Å². The van der Waals surface area contributed by atoms with Crippen molar-refractivity contribution < 1.29 is 9.90 Å². The lowest BCUT2D eigenvalue weighted by atomic mass is 10.1. The molecule has 2 rings (SSSR count). The van der Waals surface area contributed by atoms with Gasteiger partial charge in [0.25, 0.3) is 0 Å². The number of carbonyl (C=O) groups is 1. The van der Waals surface area contributed by atoms with Crippen LogP contribution in [-0.4, -0.2) is 18.1 Å². The molecular weight excluding hydrogens is 297 g/mol. The van der Waals surface area contributed by atoms with E-state index in [4.69, 9.17) is 23.2 Å². The molecule has 0 atom stereocenters. The molecule has 1 N–H and O–H groups in total. The number of halogens is 2. The van der Waals surface area contributed by atoms with Crippen LogP contribution in [0.15, 0.2) is 42.5 Å². The summed E-state index contributed by atoms with van der Waals surface area (Å²) >= 11 is 11.9. The zero-order chi connectivity index (χ0) is 14.7. The van der Waals surface area contributed by atoms with Gasteiger partial charge in [0.2, 0.25) is 0 Å². The smallest absolute Gasteiger partial charge is 0.337 e. The second-order valence-electron chi connectivity index (χ2n) is 4.45. The van der Waals surface area contributed by atoms with Gasteiger partial charge in [0.1, 0.15) is 0 Å². The lowest BCUT2D eigenvalue weighted by Crippen LogP contribution is -2.19. The van der Waals surface area contributed by atoms with E-state index < -0.39 is 5.97 Å². The standard InChI is InChI=1S/C15H13Cl2NO2/c1-18(9-10-3-2-4-11(16)7-10)14-8-12(17)5-6-13(14)15(19)20/h2-8H,9H2,1H3,(H,19,20). The Hall–Kier alpha value is -1.71. The summed E-state index contributed by atoms with van der Waals surface area (Å²) in [6.07, 6.45) is 0. The Kier molecular flexibility index (Phi) is 4.53. The van der Waals surface area contributed by atoms with E-state index in [0.29, 0.717) is 22.3 Å². The highest BCUT2D eigenvalue weighted by Gasteiger charge is 2.14. The number of anilines is 1. The highest BCUT2D eigenvalue weighted by Crippen LogP contribution is 2.26. The van der Waals surface area contributed by atoms with Crippen LogP contribution in [0.3, 0.4) is 0 Å². The van der Waals surface area contributed by atoms with Gasteiger partial charge in [-0.1, -0.05) is 35.3 Å². The monoisotopic (exact) mass is 309 g/mol. The summed E-state index contributed by atoms with van der Waals surface area (Å²) in [7, 11) is 1.82. The number of hydrogen-bond donors (Lipinski definition) is 1. The summed E-state index contributed by atoms with van der Waals surface area (Å²) in [6.45, 7) is 0.543. The quantitative estimate of drug-likeness (QED) is 0.914. The van der Waals surface area contributed by atoms with E-state index in [1.807, 2.05) is 30.1 Å². The Morgan fingerprint density at radius 2 is 1.85 bits per heavy atom. The lowest BCUT2D eigenvalue weighted by molar-refractivity contribution is 0.0697. The summed E-state index contributed by atoms with van der Waals surface area (Å²) in [5.74, 6) is -0.977. The normalized spacial score (nSPS) is 10.3. The Morgan fingerprint density at radius 1 is 1.15 bits per heavy atom. The van der Waals surface area contributed by atoms with Crippen LogP contribution < -0.4 is 4.90 Å². The maximum absolute atomic E-state index is 11.3. The molecule has 2 aromatic carbocycles. The molecule has 0 aliphatic carbocycles. The molecule has 3 nitrogen and oxygen atoms in total. The van der Waals surface area contributed by atoms with E-state index in [1.54, 1.807) is 18.2 Å². The van der Waals surface area contributed by atoms with Crippen LogP contribution in [0, 0.1) is 0 Å². The Balaban J connectivity index is 2.31. The van der Waals surface area contributed by atoms with E-state index in [1.165, 1.54) is 6.07 Å². The molecule has 0 amide bonds. The van der Waals surface area contributed by atoms with Crippen LogP contribution in [0.2, 0.25) is 10.0 Å². The summed E-state index contributed by atoms with van der Waals surface area (Å²) in [5, 5.41) is 10.4. The third-order valence-corrected chi connectivity index (χ3v) is 3.38. The minimum absolute atomic E-state index is 0.221. The largest absolute Gasteiger partial charge is 0.478 e. The van der Waals surface area contributed by atoms with Crippen molar-refractivity contribution in [2.24, 2.45) is 0 Å². The van der Waals surface area contributed by atoms with Crippen LogP contribution in [0.4, 0.5) is 5.69 Å². The third-order valence-electron chi connectivity index (χ3n) is 2.91. The van der Waals surface area contributed by atoms with Gasteiger partial charge in [-0.15, -0.1) is 0 Å². The maximum atomic E-state index is 11.3. The fraction of sp³-hybridized carbons (Fsp3) is 0.133. The molecule has 0 aromatic heterocycles. The lowest BCUT2D eigenvalue weighted by Gasteiger charge is -2.21. The van der Waals surface area contributed by atoms with Crippen LogP contribution in [-0.2, 0) is 6.54 Å². The predicted octanol–water partition coefficient (Wildman–Crippen LogP) is 4.33. The molecule has 2 aromatic rings. The fourth-order valence-corrected chi connectivity index (χ4v) is 2.38. The highest BCUT2D eigenvalue weighted by atomic mass is 35.5. The van der Waals surface area contributed by atoms with Crippen molar-refractivity contribution in [2.45, 2.75) is 6.54 Å². The zero-order valence-corrected chi connectivity index (χ0v) is 12.3. The molecular formula is C15H13Cl2NO2. The minimum atomic E-state index is -0.977. The zero-order valence-electron chi connectivity index (χ0n) is 10.8. The van der Waals surface area contributed by atoms with Gasteiger partial charge in [0.05, 0.1) is 11.3 Å². The SMILES string of the molecule is CN(Cc1cccc(Cl)c1)c1cc(Cl)ccc1C(=O)O. The van der Waals surface area contributed by atoms with E-state index in [2.05, 4.69) is 0 Å². The molecule has 0 radical (unpaired) electrons. The summed E-state index contributed by atoms with van der Waals surface area (Å²) in [4.78, 5) is 13.1. The van der Waals surface area contributed by atoms with Gasteiger partial charge >= 0.3 is 5.97 Å². The molecule has 0 spiro atoms. The fourth-order valence-electron chi connectivity index (χ4n) is 2.00. The number of nitrogens with zero attached hydrogens (tertiary/aromatic N) is 1. The number of carboxylic acid groups (broad SMARTS) is 1. The first-order valence-electron chi connectivity index (χ1n) is 5.96. The van der Waals surface area contributed by atoms with Gasteiger partial charge in [-0.2, -0.15) is 0 Å². The average molecular weight is 310 g/mol. The second kappa shape index (κ2) is 6.16. The molecule has 5 heteroatoms. The van der Waals surface area contributed by atoms with Gasteiger partial charge in [-0.25, -0.2) is 4.79 Å². The molecule has 104 valence electrons. The van der Waals surface area contributed by atoms with E-state index in [-0.39, 0.29) is 5.56 Å². The van der Waals surface area contributed by atoms with Crippen LogP contribution in [0.5, 0.6) is 0 Å². The Bertz CT molecular complexity index is 644. The van der Waals surface area contributed by atoms with E-state index in [0.717, 1.165) is 5.56 Å². The number of hydrogen-bond acceptors (Lipinski definition) is 2. The van der Waals surface area contributed by atoms with Crippen LogP contribution >= 0.6 is 23.2 Å². The number of benzene rings is 2. The summed E-state index contributed by atoms with van der Waals surface area (Å²) in [6, 6.07) is 12.2. The van der Waals surface area contributed by atoms with Crippen molar-refractivity contribution >= 4 is 34.9 Å². The van der Waals surface area contributed by atoms with Gasteiger partial charge in [-0.3, -0.25) is 0 Å². The van der Waals surface area contributed by atoms with Crippen molar-refractivity contribution in [3.05, 3.63) is 63.6 Å². The first-order chi connectivity index (χ1) is 9.47. The highest BCUT2D eigenvalue weighted by molar-refractivity contribution is 6.31. The molecule has 20 heavy (non-hydrogen) atoms. The predicted molar refractivity (Wildman–Crippen MR) is 82.0 cm³/mol. The number of rotatable bonds is 4. The molecule has 0 fully saturated rings.